The quantitative estimate of drug-likeness (QED) is 0.549. The van der Waals surface area contributed by atoms with Gasteiger partial charge in [0.15, 0.2) is 0 Å². The van der Waals surface area contributed by atoms with E-state index in [9.17, 15) is 14.4 Å². The Morgan fingerprint density at radius 2 is 1.52 bits per heavy atom. The average Bonchev–Trinajstić information content (AvgIpc) is 3.55. The minimum absolute atomic E-state index is 0.217. The van der Waals surface area contributed by atoms with E-state index in [-0.39, 0.29) is 5.56 Å². The maximum atomic E-state index is 12.9. The topological polar surface area (TPSA) is 103 Å². The number of hydrogen-bond acceptors (Lipinski definition) is 6. The predicted molar refractivity (Wildman–Crippen MR) is 106 cm³/mol. The number of esters is 1. The molecule has 8 heteroatoms. The summed E-state index contributed by atoms with van der Waals surface area (Å²) in [7, 11) is 4.26. The molecule has 2 N–H and O–H groups in total. The molecule has 2 amide bonds. The summed E-state index contributed by atoms with van der Waals surface area (Å²) in [6, 6.07) is 11.5. The number of methoxy groups -OCH3 is 3. The van der Waals surface area contributed by atoms with Gasteiger partial charge in [0.05, 0.1) is 38.3 Å². The van der Waals surface area contributed by atoms with Crippen LogP contribution in [0.4, 0.5) is 11.4 Å². The molecule has 29 heavy (non-hydrogen) atoms. The van der Waals surface area contributed by atoms with Crippen LogP contribution in [-0.2, 0) is 14.3 Å². The Morgan fingerprint density at radius 1 is 0.862 bits per heavy atom. The van der Waals surface area contributed by atoms with E-state index in [2.05, 4.69) is 10.6 Å². The van der Waals surface area contributed by atoms with Gasteiger partial charge in [-0.1, -0.05) is 12.1 Å². The van der Waals surface area contributed by atoms with E-state index in [0.717, 1.165) is 0 Å². The highest BCUT2D eigenvalue weighted by Gasteiger charge is 2.56. The van der Waals surface area contributed by atoms with Crippen LogP contribution in [0, 0.1) is 5.41 Å². The SMILES string of the molecule is COC(=O)c1ccccc1NC(=O)C1(C(=O)Nc2cc(OC)ccc2OC)CC1. The molecule has 0 radical (unpaired) electrons. The summed E-state index contributed by atoms with van der Waals surface area (Å²) in [5, 5.41) is 5.45. The van der Waals surface area contributed by atoms with Gasteiger partial charge in [-0.3, -0.25) is 9.59 Å². The van der Waals surface area contributed by atoms with Crippen LogP contribution in [0.5, 0.6) is 11.5 Å². The van der Waals surface area contributed by atoms with Crippen molar-refractivity contribution in [3.05, 3.63) is 48.0 Å². The number of hydrogen-bond donors (Lipinski definition) is 2. The molecule has 2 aromatic rings. The maximum absolute atomic E-state index is 12.9. The fourth-order valence-corrected chi connectivity index (χ4v) is 2.96. The Bertz CT molecular complexity index is 952. The molecular formula is C21H22N2O6. The molecule has 0 heterocycles. The molecule has 2 aromatic carbocycles. The van der Waals surface area contributed by atoms with E-state index in [1.807, 2.05) is 0 Å². The van der Waals surface area contributed by atoms with Gasteiger partial charge in [-0.25, -0.2) is 4.79 Å². The van der Waals surface area contributed by atoms with Crippen LogP contribution in [0.2, 0.25) is 0 Å². The van der Waals surface area contributed by atoms with Gasteiger partial charge in [-0.05, 0) is 37.1 Å². The summed E-state index contributed by atoms with van der Waals surface area (Å²) < 4.78 is 15.2. The zero-order valence-electron chi connectivity index (χ0n) is 16.4. The lowest BCUT2D eigenvalue weighted by Gasteiger charge is -2.18. The van der Waals surface area contributed by atoms with E-state index in [1.165, 1.54) is 21.3 Å². The molecule has 0 atom stereocenters. The first-order valence-electron chi connectivity index (χ1n) is 8.97. The van der Waals surface area contributed by atoms with E-state index in [1.54, 1.807) is 42.5 Å². The highest BCUT2D eigenvalue weighted by atomic mass is 16.5. The molecule has 0 aliphatic heterocycles. The highest BCUT2D eigenvalue weighted by molar-refractivity contribution is 6.18. The van der Waals surface area contributed by atoms with Gasteiger partial charge in [0.2, 0.25) is 11.8 Å². The largest absolute Gasteiger partial charge is 0.497 e. The first kappa shape index (κ1) is 20.2. The van der Waals surface area contributed by atoms with Crippen LogP contribution in [-0.4, -0.2) is 39.1 Å². The Morgan fingerprint density at radius 3 is 2.10 bits per heavy atom. The van der Waals surface area contributed by atoms with Crippen molar-refractivity contribution >= 4 is 29.2 Å². The van der Waals surface area contributed by atoms with Crippen LogP contribution in [0.3, 0.4) is 0 Å². The van der Waals surface area contributed by atoms with Crippen LogP contribution in [0.15, 0.2) is 42.5 Å². The first-order chi connectivity index (χ1) is 13.9. The molecule has 152 valence electrons. The first-order valence-corrected chi connectivity index (χ1v) is 8.97. The lowest BCUT2D eigenvalue weighted by molar-refractivity contribution is -0.131. The van der Waals surface area contributed by atoms with Crippen LogP contribution in [0.1, 0.15) is 23.2 Å². The average molecular weight is 398 g/mol. The van der Waals surface area contributed by atoms with Crippen LogP contribution >= 0.6 is 0 Å². The van der Waals surface area contributed by atoms with Gasteiger partial charge in [0, 0.05) is 6.07 Å². The number of amides is 2. The fourth-order valence-electron chi connectivity index (χ4n) is 2.96. The Labute approximate surface area is 168 Å². The van der Waals surface area contributed by atoms with Crippen molar-refractivity contribution in [2.45, 2.75) is 12.8 Å². The van der Waals surface area contributed by atoms with Crippen molar-refractivity contribution in [3.8, 4) is 11.5 Å². The van der Waals surface area contributed by atoms with E-state index < -0.39 is 23.2 Å². The Balaban J connectivity index is 1.79. The number of benzene rings is 2. The number of carbonyl (C=O) groups is 3. The second-order valence-electron chi connectivity index (χ2n) is 6.59. The van der Waals surface area contributed by atoms with Crippen molar-refractivity contribution in [2.75, 3.05) is 32.0 Å². The Kier molecular flexibility index (Phi) is 5.72. The zero-order valence-corrected chi connectivity index (χ0v) is 16.4. The van der Waals surface area contributed by atoms with Crippen LogP contribution in [0.25, 0.3) is 0 Å². The summed E-state index contributed by atoms with van der Waals surface area (Å²) in [4.78, 5) is 37.7. The van der Waals surface area contributed by atoms with Crippen molar-refractivity contribution in [3.63, 3.8) is 0 Å². The maximum Gasteiger partial charge on any atom is 0.339 e. The lowest BCUT2D eigenvalue weighted by Crippen LogP contribution is -2.36. The number of carbonyl (C=O) groups excluding carboxylic acids is 3. The second-order valence-corrected chi connectivity index (χ2v) is 6.59. The monoisotopic (exact) mass is 398 g/mol. The minimum Gasteiger partial charge on any atom is -0.497 e. The van der Waals surface area contributed by atoms with Crippen molar-refractivity contribution in [2.24, 2.45) is 5.41 Å². The summed E-state index contributed by atoms with van der Waals surface area (Å²) >= 11 is 0. The summed E-state index contributed by atoms with van der Waals surface area (Å²) in [5.41, 5.74) is -0.292. The normalized spacial score (nSPS) is 13.8. The molecule has 1 fully saturated rings. The molecule has 0 aromatic heterocycles. The third-order valence-electron chi connectivity index (χ3n) is 4.85. The summed E-state index contributed by atoms with van der Waals surface area (Å²) in [5.74, 6) is -0.504. The molecule has 0 bridgehead atoms. The smallest absolute Gasteiger partial charge is 0.339 e. The number of nitrogens with one attached hydrogen (secondary N) is 2. The third-order valence-corrected chi connectivity index (χ3v) is 4.85. The third kappa shape index (κ3) is 4.01. The molecule has 0 saturated heterocycles. The second kappa shape index (κ2) is 8.22. The lowest BCUT2D eigenvalue weighted by atomic mass is 10.0. The Hall–Kier alpha value is -3.55. The molecule has 1 aliphatic carbocycles. The van der Waals surface area contributed by atoms with Gasteiger partial charge in [-0.15, -0.1) is 0 Å². The molecule has 1 saturated carbocycles. The fraction of sp³-hybridized carbons (Fsp3) is 0.286. The van der Waals surface area contributed by atoms with Gasteiger partial charge in [-0.2, -0.15) is 0 Å². The van der Waals surface area contributed by atoms with E-state index in [0.29, 0.717) is 35.7 Å². The van der Waals surface area contributed by atoms with E-state index >= 15 is 0 Å². The molecule has 1 aliphatic rings. The van der Waals surface area contributed by atoms with Gasteiger partial charge >= 0.3 is 5.97 Å². The van der Waals surface area contributed by atoms with Gasteiger partial charge in [0.25, 0.3) is 0 Å². The molecule has 0 unspecified atom stereocenters. The number of ether oxygens (including phenoxy) is 3. The van der Waals surface area contributed by atoms with Gasteiger partial charge in [0.1, 0.15) is 16.9 Å². The standard InChI is InChI=1S/C21H22N2O6/c1-27-13-8-9-17(28-2)16(12-13)23-20(26)21(10-11-21)19(25)22-15-7-5-4-6-14(15)18(24)29-3/h4-9,12H,10-11H2,1-3H3,(H,22,25)(H,23,26). The van der Waals surface area contributed by atoms with Gasteiger partial charge < -0.3 is 24.8 Å². The van der Waals surface area contributed by atoms with Crippen molar-refractivity contribution in [1.82, 2.24) is 0 Å². The van der Waals surface area contributed by atoms with Crippen molar-refractivity contribution in [1.29, 1.82) is 0 Å². The summed E-state index contributed by atoms with van der Waals surface area (Å²) in [6.07, 6.45) is 0.800. The molecule has 3 rings (SSSR count). The molecular weight excluding hydrogens is 376 g/mol. The zero-order chi connectivity index (χ0) is 21.0. The minimum atomic E-state index is -1.21. The van der Waals surface area contributed by atoms with Crippen LogP contribution < -0.4 is 20.1 Å². The van der Waals surface area contributed by atoms with E-state index in [4.69, 9.17) is 14.2 Å². The summed E-state index contributed by atoms with van der Waals surface area (Å²) in [6.45, 7) is 0. The van der Waals surface area contributed by atoms with Crippen molar-refractivity contribution < 1.29 is 28.6 Å². The highest BCUT2D eigenvalue weighted by Crippen LogP contribution is 2.48. The number of para-hydroxylation sites is 1. The number of anilines is 2. The molecule has 0 spiro atoms. The predicted octanol–water partition coefficient (Wildman–Crippen LogP) is 2.85. The number of rotatable bonds is 7. The molecule has 8 nitrogen and oxygen atoms in total.